The van der Waals surface area contributed by atoms with Gasteiger partial charge in [0, 0.05) is 25.7 Å². The average molecular weight is 1420 g/mol. The van der Waals surface area contributed by atoms with E-state index in [1.54, 1.807) is 0 Å². The zero-order chi connectivity index (χ0) is 71.4. The van der Waals surface area contributed by atoms with Crippen molar-refractivity contribution < 1.29 is 80.2 Å². The highest BCUT2D eigenvalue weighted by atomic mass is 31.2. The Labute approximate surface area is 594 Å². The minimum atomic E-state index is -4.96. The number of aliphatic hydroxyl groups is 1. The molecule has 0 amide bonds. The summed E-state index contributed by atoms with van der Waals surface area (Å²) >= 11 is 0. The summed E-state index contributed by atoms with van der Waals surface area (Å²) in [6, 6.07) is 0. The Morgan fingerprint density at radius 2 is 0.526 bits per heavy atom. The number of carbonyl (C=O) groups is 4. The van der Waals surface area contributed by atoms with Crippen molar-refractivity contribution in [1.82, 2.24) is 0 Å². The number of aliphatic hydroxyl groups excluding tert-OH is 1. The van der Waals surface area contributed by atoms with Crippen molar-refractivity contribution in [2.45, 2.75) is 426 Å². The number of rotatable bonds is 77. The lowest BCUT2D eigenvalue weighted by molar-refractivity contribution is -0.161. The van der Waals surface area contributed by atoms with Crippen molar-refractivity contribution in [2.24, 2.45) is 11.8 Å². The van der Waals surface area contributed by atoms with E-state index in [2.05, 4.69) is 41.5 Å². The smallest absolute Gasteiger partial charge is 0.462 e. The molecule has 97 heavy (non-hydrogen) atoms. The molecule has 576 valence electrons. The van der Waals surface area contributed by atoms with Crippen molar-refractivity contribution >= 4 is 39.5 Å². The topological polar surface area (TPSA) is 237 Å². The molecule has 0 radical (unpaired) electrons. The van der Waals surface area contributed by atoms with Crippen LogP contribution in [0.25, 0.3) is 0 Å². The van der Waals surface area contributed by atoms with Crippen LogP contribution in [-0.2, 0) is 65.4 Å². The summed E-state index contributed by atoms with van der Waals surface area (Å²) in [6.45, 7) is 9.64. The van der Waals surface area contributed by atoms with Gasteiger partial charge in [-0.05, 0) is 37.5 Å². The van der Waals surface area contributed by atoms with Crippen LogP contribution in [0.1, 0.15) is 408 Å². The third-order valence-electron chi connectivity index (χ3n) is 18.6. The van der Waals surface area contributed by atoms with Crippen LogP contribution in [0.5, 0.6) is 0 Å². The van der Waals surface area contributed by atoms with Gasteiger partial charge in [-0.15, -0.1) is 0 Å². The molecule has 0 aromatic carbocycles. The van der Waals surface area contributed by atoms with Crippen LogP contribution in [0.4, 0.5) is 0 Å². The molecule has 0 saturated heterocycles. The van der Waals surface area contributed by atoms with E-state index >= 15 is 0 Å². The SMILES string of the molecule is CCCCCCCCCCCCCCCCC(=O)OC[C@H](COP(=O)(O)OC[C@@H](O)COP(=O)(O)OC[C@@H](COC(=O)CCCCCCCCCCCC)OC(=O)CCCCCCCCCCC(C)CC)OC(=O)CCCCCCCCCCCCCCCCCCCCC(C)C. The molecule has 3 unspecified atom stereocenters. The predicted octanol–water partition coefficient (Wildman–Crippen LogP) is 23.1. The molecule has 0 saturated carbocycles. The molecule has 3 N–H and O–H groups in total. The van der Waals surface area contributed by atoms with Crippen molar-refractivity contribution in [3.8, 4) is 0 Å². The van der Waals surface area contributed by atoms with E-state index in [-0.39, 0.29) is 25.7 Å². The largest absolute Gasteiger partial charge is 0.472 e. The second-order valence-corrected chi connectivity index (χ2v) is 31.7. The molecule has 17 nitrogen and oxygen atoms in total. The lowest BCUT2D eigenvalue weighted by Gasteiger charge is -2.21. The van der Waals surface area contributed by atoms with E-state index in [9.17, 15) is 43.2 Å². The van der Waals surface area contributed by atoms with Gasteiger partial charge in [0.1, 0.15) is 19.3 Å². The maximum atomic E-state index is 13.1. The van der Waals surface area contributed by atoms with Gasteiger partial charge in [0.15, 0.2) is 12.2 Å². The van der Waals surface area contributed by atoms with Crippen LogP contribution in [-0.4, -0.2) is 96.7 Å². The Bertz CT molecular complexity index is 1870. The first-order chi connectivity index (χ1) is 46.9. The van der Waals surface area contributed by atoms with E-state index in [1.165, 1.54) is 225 Å². The first-order valence-electron chi connectivity index (χ1n) is 40.5. The molecule has 0 rings (SSSR count). The Hall–Kier alpha value is -1.94. The van der Waals surface area contributed by atoms with Gasteiger partial charge in [-0.3, -0.25) is 37.3 Å². The zero-order valence-electron chi connectivity index (χ0n) is 63.4. The van der Waals surface area contributed by atoms with Crippen molar-refractivity contribution in [3.63, 3.8) is 0 Å². The molecule has 0 aliphatic carbocycles. The molecule has 0 aromatic heterocycles. The number of ether oxygens (including phenoxy) is 4. The maximum absolute atomic E-state index is 13.1. The second-order valence-electron chi connectivity index (χ2n) is 28.8. The van der Waals surface area contributed by atoms with Crippen LogP contribution in [0.15, 0.2) is 0 Å². The Kier molecular flexibility index (Phi) is 68.4. The molecule has 0 aliphatic heterocycles. The van der Waals surface area contributed by atoms with E-state index in [0.717, 1.165) is 102 Å². The molecule has 0 fully saturated rings. The highest BCUT2D eigenvalue weighted by Crippen LogP contribution is 2.45. The first-order valence-corrected chi connectivity index (χ1v) is 43.5. The highest BCUT2D eigenvalue weighted by molar-refractivity contribution is 7.47. The summed E-state index contributed by atoms with van der Waals surface area (Å²) in [7, 11) is -9.91. The fourth-order valence-electron chi connectivity index (χ4n) is 12.0. The average Bonchev–Trinajstić information content (AvgIpc) is 1.30. The van der Waals surface area contributed by atoms with Gasteiger partial charge < -0.3 is 33.8 Å². The number of carbonyl (C=O) groups excluding carboxylic acids is 4. The van der Waals surface area contributed by atoms with E-state index in [1.807, 2.05) is 0 Å². The zero-order valence-corrected chi connectivity index (χ0v) is 65.2. The molecule has 0 bridgehead atoms. The van der Waals surface area contributed by atoms with Gasteiger partial charge in [-0.1, -0.05) is 356 Å². The van der Waals surface area contributed by atoms with E-state index in [4.69, 9.17) is 37.0 Å². The van der Waals surface area contributed by atoms with E-state index < -0.39 is 97.5 Å². The van der Waals surface area contributed by atoms with E-state index in [0.29, 0.717) is 25.7 Å². The fraction of sp³-hybridized carbons (Fsp3) is 0.949. The van der Waals surface area contributed by atoms with Gasteiger partial charge in [0.05, 0.1) is 26.4 Å². The van der Waals surface area contributed by atoms with Gasteiger partial charge in [-0.2, -0.15) is 0 Å². The lowest BCUT2D eigenvalue weighted by Crippen LogP contribution is -2.30. The standard InChI is InChI=1S/C78H152O17P2/c1-7-10-12-14-16-18-20-21-29-32-36-43-49-55-61-76(81)89-66-73(94-77(82)62-56-50-44-37-33-30-27-25-23-22-24-26-28-31-34-40-46-52-58-70(4)5)68-92-96(84,85)90-64-72(79)65-91-97(86,87)93-69-74(67-88-75(80)60-54-48-42-35-19-17-15-13-11-8-2)95-78(83)63-57-51-45-39-38-41-47-53-59-71(6)9-3/h70-74,79H,7-69H2,1-6H3,(H,84,85)(H,86,87)/t71?,72-,73-,74-/m1/s1. The molecular weight excluding hydrogens is 1270 g/mol. The van der Waals surface area contributed by atoms with Gasteiger partial charge in [0.25, 0.3) is 0 Å². The second kappa shape index (κ2) is 69.8. The summed E-state index contributed by atoms with van der Waals surface area (Å²) < 4.78 is 68.6. The molecule has 0 heterocycles. The minimum Gasteiger partial charge on any atom is -0.462 e. The van der Waals surface area contributed by atoms with Gasteiger partial charge in [0.2, 0.25) is 0 Å². The molecule has 19 heteroatoms. The van der Waals surface area contributed by atoms with Crippen LogP contribution in [0.3, 0.4) is 0 Å². The summed E-state index contributed by atoms with van der Waals surface area (Å²) in [6.07, 6.45) is 58.2. The lowest BCUT2D eigenvalue weighted by atomic mass is 9.99. The van der Waals surface area contributed by atoms with Gasteiger partial charge >= 0.3 is 39.5 Å². The molecular formula is C78H152O17P2. The third kappa shape index (κ3) is 70.9. The number of hydrogen-bond donors (Lipinski definition) is 3. The first kappa shape index (κ1) is 95.1. The quantitative estimate of drug-likeness (QED) is 0.0222. The number of phosphoric acid groups is 2. The number of esters is 4. The van der Waals surface area contributed by atoms with Crippen LogP contribution >= 0.6 is 15.6 Å². The summed E-state index contributed by atoms with van der Waals surface area (Å²) in [5, 5.41) is 10.6. The third-order valence-corrected chi connectivity index (χ3v) is 20.5. The molecule has 0 spiro atoms. The summed E-state index contributed by atoms with van der Waals surface area (Å²) in [4.78, 5) is 72.8. The monoisotopic (exact) mass is 1420 g/mol. The number of phosphoric ester groups is 2. The molecule has 0 aliphatic rings. The highest BCUT2D eigenvalue weighted by Gasteiger charge is 2.30. The van der Waals surface area contributed by atoms with Gasteiger partial charge in [-0.25, -0.2) is 9.13 Å². The molecule has 0 aromatic rings. The fourth-order valence-corrected chi connectivity index (χ4v) is 13.6. The number of unbranched alkanes of at least 4 members (excludes halogenated alkanes) is 46. The van der Waals surface area contributed by atoms with Crippen molar-refractivity contribution in [1.29, 1.82) is 0 Å². The normalized spacial score (nSPS) is 14.2. The van der Waals surface area contributed by atoms with Crippen molar-refractivity contribution in [3.05, 3.63) is 0 Å². The Balaban J connectivity index is 5.21. The van der Waals surface area contributed by atoms with Crippen LogP contribution < -0.4 is 0 Å². The minimum absolute atomic E-state index is 0.105. The van der Waals surface area contributed by atoms with Crippen LogP contribution in [0, 0.1) is 11.8 Å². The van der Waals surface area contributed by atoms with Crippen molar-refractivity contribution in [2.75, 3.05) is 39.6 Å². The maximum Gasteiger partial charge on any atom is 0.472 e. The predicted molar refractivity (Wildman–Crippen MR) is 395 cm³/mol. The summed E-state index contributed by atoms with van der Waals surface area (Å²) in [5.41, 5.74) is 0. The number of hydrogen-bond acceptors (Lipinski definition) is 15. The van der Waals surface area contributed by atoms with Crippen LogP contribution in [0.2, 0.25) is 0 Å². The molecule has 6 atom stereocenters. The summed E-state index contributed by atoms with van der Waals surface area (Å²) in [5.74, 6) is -0.523. The Morgan fingerprint density at radius 1 is 0.299 bits per heavy atom. The Morgan fingerprint density at radius 3 is 0.784 bits per heavy atom.